The fourth-order valence-corrected chi connectivity index (χ4v) is 4.54. The summed E-state index contributed by atoms with van der Waals surface area (Å²) in [6, 6.07) is 7.18. The predicted octanol–water partition coefficient (Wildman–Crippen LogP) is 3.62. The van der Waals surface area contributed by atoms with Crippen LogP contribution in [-0.2, 0) is 21.8 Å². The number of nitrogens with one attached hydrogen (secondary N) is 1. The molecule has 0 amide bonds. The lowest BCUT2D eigenvalue weighted by atomic mass is 9.87. The number of benzene rings is 1. The van der Waals surface area contributed by atoms with Crippen molar-refractivity contribution in [2.45, 2.75) is 51.5 Å². The molecule has 1 aromatic heterocycles. The molecule has 160 valence electrons. The maximum absolute atomic E-state index is 12.7. The maximum atomic E-state index is 12.7. The van der Waals surface area contributed by atoms with Gasteiger partial charge in [0.1, 0.15) is 0 Å². The number of guanidine groups is 1. The molecular weight excluding hydrogens is 404 g/mol. The molecular formula is C21H32N4O2S2. The minimum atomic E-state index is -3.38. The summed E-state index contributed by atoms with van der Waals surface area (Å²) in [5.41, 5.74) is 2.09. The van der Waals surface area contributed by atoms with Gasteiger partial charge in [-0.05, 0) is 37.0 Å². The highest BCUT2D eigenvalue weighted by Gasteiger charge is 2.18. The van der Waals surface area contributed by atoms with Gasteiger partial charge in [-0.1, -0.05) is 32.9 Å². The number of aryl methyl sites for hydroxylation is 1. The molecule has 0 aliphatic carbocycles. The first kappa shape index (κ1) is 23.3. The van der Waals surface area contributed by atoms with Crippen molar-refractivity contribution < 1.29 is 8.42 Å². The molecule has 0 saturated carbocycles. The van der Waals surface area contributed by atoms with E-state index in [4.69, 9.17) is 0 Å². The van der Waals surface area contributed by atoms with Crippen LogP contribution in [0.2, 0.25) is 0 Å². The molecule has 1 heterocycles. The van der Waals surface area contributed by atoms with Gasteiger partial charge in [-0.25, -0.2) is 13.4 Å². The van der Waals surface area contributed by atoms with E-state index in [0.717, 1.165) is 16.3 Å². The van der Waals surface area contributed by atoms with E-state index < -0.39 is 9.84 Å². The van der Waals surface area contributed by atoms with Crippen molar-refractivity contribution >= 4 is 27.1 Å². The average Bonchev–Trinajstić information content (AvgIpc) is 3.05. The van der Waals surface area contributed by atoms with Crippen LogP contribution in [0.1, 0.15) is 44.0 Å². The number of aromatic nitrogens is 1. The zero-order valence-corrected chi connectivity index (χ0v) is 19.8. The highest BCUT2D eigenvalue weighted by atomic mass is 32.2. The van der Waals surface area contributed by atoms with Gasteiger partial charge < -0.3 is 10.2 Å². The first-order valence-corrected chi connectivity index (χ1v) is 12.3. The molecule has 0 aliphatic rings. The Balaban J connectivity index is 2.05. The Hall–Kier alpha value is -1.93. The first-order valence-electron chi connectivity index (χ1n) is 9.76. The molecule has 29 heavy (non-hydrogen) atoms. The zero-order chi connectivity index (χ0) is 21.7. The van der Waals surface area contributed by atoms with Crippen LogP contribution in [0.3, 0.4) is 0 Å². The third-order valence-corrected chi connectivity index (χ3v) is 7.00. The molecule has 2 rings (SSSR count). The summed E-state index contributed by atoms with van der Waals surface area (Å²) in [6.45, 7) is 11.8. The molecule has 0 bridgehead atoms. The van der Waals surface area contributed by atoms with Gasteiger partial charge in [-0.2, -0.15) is 0 Å². The summed E-state index contributed by atoms with van der Waals surface area (Å²) in [6.07, 6.45) is 0. The van der Waals surface area contributed by atoms with Crippen molar-refractivity contribution in [1.82, 2.24) is 15.2 Å². The van der Waals surface area contributed by atoms with E-state index in [1.165, 1.54) is 0 Å². The summed E-state index contributed by atoms with van der Waals surface area (Å²) in [5, 5.41) is 6.27. The third kappa shape index (κ3) is 6.82. The number of aliphatic imine (C=N–C) groups is 1. The number of thiazole rings is 1. The van der Waals surface area contributed by atoms with Crippen LogP contribution >= 0.6 is 11.3 Å². The van der Waals surface area contributed by atoms with Crippen molar-refractivity contribution in [3.05, 3.63) is 45.9 Å². The molecule has 1 N–H and O–H groups in total. The Kier molecular flexibility index (Phi) is 7.82. The minimum Gasteiger partial charge on any atom is -0.357 e. The van der Waals surface area contributed by atoms with E-state index in [1.807, 2.05) is 43.3 Å². The van der Waals surface area contributed by atoms with E-state index in [2.05, 4.69) is 36.1 Å². The topological polar surface area (TPSA) is 74.7 Å². The largest absolute Gasteiger partial charge is 0.357 e. The molecule has 0 spiro atoms. The molecule has 1 aromatic carbocycles. The minimum absolute atomic E-state index is 0.00621. The molecule has 0 fully saturated rings. The standard InChI is InChI=1S/C21H32N4O2S2/c1-7-22-20(25(6)14-18-15-28-16(2)24-18)23-12-13-29(26,27)19-10-8-17(9-11-19)21(3,4)5/h8-11,15H,7,12-14H2,1-6H3,(H,22,23). The molecule has 8 heteroatoms. The van der Waals surface area contributed by atoms with Gasteiger partial charge in [0, 0.05) is 19.0 Å². The molecule has 0 unspecified atom stereocenters. The molecule has 0 saturated heterocycles. The Morgan fingerprint density at radius 2 is 1.90 bits per heavy atom. The highest BCUT2D eigenvalue weighted by molar-refractivity contribution is 7.91. The van der Waals surface area contributed by atoms with Crippen LogP contribution in [0, 0.1) is 6.92 Å². The predicted molar refractivity (Wildman–Crippen MR) is 121 cm³/mol. The lowest BCUT2D eigenvalue weighted by molar-refractivity contribution is 0.471. The summed E-state index contributed by atoms with van der Waals surface area (Å²) < 4.78 is 25.4. The SMILES string of the molecule is CCNC(=NCCS(=O)(=O)c1ccc(C(C)(C)C)cc1)N(C)Cc1csc(C)n1. The lowest BCUT2D eigenvalue weighted by Crippen LogP contribution is -2.38. The molecule has 0 radical (unpaired) electrons. The Morgan fingerprint density at radius 3 is 2.41 bits per heavy atom. The quantitative estimate of drug-likeness (QED) is 0.530. The van der Waals surface area contributed by atoms with E-state index in [0.29, 0.717) is 23.9 Å². The Labute approximate surface area is 179 Å². The second-order valence-electron chi connectivity index (χ2n) is 8.04. The fraction of sp³-hybridized carbons (Fsp3) is 0.524. The van der Waals surface area contributed by atoms with Crippen LogP contribution in [-0.4, -0.2) is 50.2 Å². The van der Waals surface area contributed by atoms with Crippen LogP contribution in [0.4, 0.5) is 0 Å². The number of sulfone groups is 1. The third-order valence-electron chi connectivity index (χ3n) is 4.46. The van der Waals surface area contributed by atoms with Crippen molar-refractivity contribution in [3.63, 3.8) is 0 Å². The average molecular weight is 437 g/mol. The summed E-state index contributed by atoms with van der Waals surface area (Å²) in [7, 11) is -1.45. The van der Waals surface area contributed by atoms with Crippen molar-refractivity contribution in [2.24, 2.45) is 4.99 Å². The van der Waals surface area contributed by atoms with Crippen molar-refractivity contribution in [1.29, 1.82) is 0 Å². The van der Waals surface area contributed by atoms with Gasteiger partial charge in [0.2, 0.25) is 0 Å². The zero-order valence-electron chi connectivity index (χ0n) is 18.2. The van der Waals surface area contributed by atoms with E-state index in [1.54, 1.807) is 23.5 Å². The molecule has 6 nitrogen and oxygen atoms in total. The molecule has 0 aliphatic heterocycles. The van der Waals surface area contributed by atoms with Gasteiger partial charge >= 0.3 is 0 Å². The van der Waals surface area contributed by atoms with Gasteiger partial charge in [0.15, 0.2) is 15.8 Å². The Morgan fingerprint density at radius 1 is 1.24 bits per heavy atom. The summed E-state index contributed by atoms with van der Waals surface area (Å²) in [5.74, 6) is 0.650. The lowest BCUT2D eigenvalue weighted by Gasteiger charge is -2.21. The van der Waals surface area contributed by atoms with Crippen LogP contribution in [0.25, 0.3) is 0 Å². The van der Waals surface area contributed by atoms with Crippen LogP contribution < -0.4 is 5.32 Å². The van der Waals surface area contributed by atoms with Gasteiger partial charge in [-0.15, -0.1) is 11.3 Å². The second-order valence-corrected chi connectivity index (χ2v) is 11.2. The van der Waals surface area contributed by atoms with E-state index >= 15 is 0 Å². The van der Waals surface area contributed by atoms with E-state index in [9.17, 15) is 8.42 Å². The van der Waals surface area contributed by atoms with Crippen molar-refractivity contribution in [3.8, 4) is 0 Å². The van der Waals surface area contributed by atoms with Gasteiger partial charge in [0.05, 0.1) is 34.4 Å². The normalized spacial score (nSPS) is 12.8. The summed E-state index contributed by atoms with van der Waals surface area (Å²) in [4.78, 5) is 11.3. The molecule has 0 atom stereocenters. The number of hydrogen-bond donors (Lipinski definition) is 1. The van der Waals surface area contributed by atoms with Gasteiger partial charge in [-0.3, -0.25) is 4.99 Å². The fourth-order valence-electron chi connectivity index (χ4n) is 2.82. The van der Waals surface area contributed by atoms with Gasteiger partial charge in [0.25, 0.3) is 0 Å². The highest BCUT2D eigenvalue weighted by Crippen LogP contribution is 2.23. The maximum Gasteiger partial charge on any atom is 0.194 e. The number of nitrogens with zero attached hydrogens (tertiary/aromatic N) is 3. The van der Waals surface area contributed by atoms with Crippen LogP contribution in [0.5, 0.6) is 0 Å². The number of rotatable bonds is 7. The monoisotopic (exact) mass is 436 g/mol. The Bertz CT molecular complexity index is 926. The smallest absolute Gasteiger partial charge is 0.194 e. The van der Waals surface area contributed by atoms with Crippen molar-refractivity contribution in [2.75, 3.05) is 25.9 Å². The second kappa shape index (κ2) is 9.71. The van der Waals surface area contributed by atoms with E-state index in [-0.39, 0.29) is 17.7 Å². The summed E-state index contributed by atoms with van der Waals surface area (Å²) >= 11 is 1.62. The van der Waals surface area contributed by atoms with Crippen LogP contribution in [0.15, 0.2) is 39.5 Å². The first-order chi connectivity index (χ1) is 13.5. The number of hydrogen-bond acceptors (Lipinski definition) is 5. The molecule has 2 aromatic rings.